The van der Waals surface area contributed by atoms with Crippen LogP contribution in [0.3, 0.4) is 0 Å². The average Bonchev–Trinajstić information content (AvgIpc) is 3.27. The molecule has 2 aromatic heterocycles. The summed E-state index contributed by atoms with van der Waals surface area (Å²) in [5.41, 5.74) is 3.31. The molecule has 2 heterocycles. The topological polar surface area (TPSA) is 53.6 Å². The van der Waals surface area contributed by atoms with E-state index in [1.54, 1.807) is 0 Å². The summed E-state index contributed by atoms with van der Waals surface area (Å²) in [6.07, 6.45) is 2.54. The molecule has 1 aromatic carbocycles. The van der Waals surface area contributed by atoms with E-state index in [2.05, 4.69) is 44.8 Å². The standard InChI is InChI=1S/C16H16N4/c1-2-4-11(5-3-1)10-17-15-13-8-9-14(12-6-7-12)18-16(13)20-19-15/h1-5,8-9,12H,6-7,10H2,(H2,17,18,19,20). The van der Waals surface area contributed by atoms with Gasteiger partial charge >= 0.3 is 0 Å². The summed E-state index contributed by atoms with van der Waals surface area (Å²) < 4.78 is 0. The number of hydrogen-bond donors (Lipinski definition) is 2. The van der Waals surface area contributed by atoms with E-state index < -0.39 is 0 Å². The molecule has 1 fully saturated rings. The van der Waals surface area contributed by atoms with Crippen LogP contribution in [-0.2, 0) is 6.54 Å². The van der Waals surface area contributed by atoms with Crippen molar-refractivity contribution in [1.29, 1.82) is 0 Å². The zero-order valence-electron chi connectivity index (χ0n) is 11.1. The number of fused-ring (bicyclic) bond motifs is 1. The fraction of sp³-hybridized carbons (Fsp3) is 0.250. The molecule has 3 aromatic rings. The summed E-state index contributed by atoms with van der Waals surface area (Å²) in [6, 6.07) is 14.6. The highest BCUT2D eigenvalue weighted by molar-refractivity contribution is 5.87. The molecular weight excluding hydrogens is 248 g/mol. The maximum atomic E-state index is 4.65. The number of anilines is 1. The summed E-state index contributed by atoms with van der Waals surface area (Å²) in [5.74, 6) is 1.54. The molecule has 0 aliphatic heterocycles. The van der Waals surface area contributed by atoms with Gasteiger partial charge in [-0.25, -0.2) is 4.98 Å². The van der Waals surface area contributed by atoms with Gasteiger partial charge in [0.05, 0.1) is 5.39 Å². The lowest BCUT2D eigenvalue weighted by atomic mass is 10.2. The summed E-state index contributed by atoms with van der Waals surface area (Å²) in [4.78, 5) is 4.65. The number of nitrogens with one attached hydrogen (secondary N) is 2. The Balaban J connectivity index is 1.57. The molecular formula is C16H16N4. The van der Waals surface area contributed by atoms with E-state index in [0.29, 0.717) is 5.92 Å². The van der Waals surface area contributed by atoms with Gasteiger partial charge in [-0.05, 0) is 30.5 Å². The summed E-state index contributed by atoms with van der Waals surface area (Å²) in [5, 5.41) is 11.8. The Hall–Kier alpha value is -2.36. The minimum atomic E-state index is 0.670. The first-order chi connectivity index (χ1) is 9.90. The molecule has 1 aliphatic carbocycles. The Morgan fingerprint density at radius 3 is 2.75 bits per heavy atom. The minimum Gasteiger partial charge on any atom is -0.364 e. The van der Waals surface area contributed by atoms with Crippen LogP contribution in [-0.4, -0.2) is 15.2 Å². The van der Waals surface area contributed by atoms with Crippen molar-refractivity contribution in [1.82, 2.24) is 15.2 Å². The van der Waals surface area contributed by atoms with Crippen LogP contribution in [0.15, 0.2) is 42.5 Å². The minimum absolute atomic E-state index is 0.670. The summed E-state index contributed by atoms with van der Waals surface area (Å²) in [6.45, 7) is 0.769. The van der Waals surface area contributed by atoms with E-state index in [9.17, 15) is 0 Å². The molecule has 20 heavy (non-hydrogen) atoms. The molecule has 0 saturated heterocycles. The highest BCUT2D eigenvalue weighted by Gasteiger charge is 2.25. The number of benzene rings is 1. The predicted molar refractivity (Wildman–Crippen MR) is 79.6 cm³/mol. The Morgan fingerprint density at radius 2 is 1.95 bits per heavy atom. The van der Waals surface area contributed by atoms with Gasteiger partial charge in [0.2, 0.25) is 0 Å². The quantitative estimate of drug-likeness (QED) is 0.759. The SMILES string of the molecule is c1ccc(CNc2n[nH]c3nc(C4CC4)ccc23)cc1. The van der Waals surface area contributed by atoms with Crippen LogP contribution in [0.25, 0.3) is 11.0 Å². The maximum absolute atomic E-state index is 4.65. The van der Waals surface area contributed by atoms with Crippen LogP contribution in [0.4, 0.5) is 5.82 Å². The second-order valence-corrected chi connectivity index (χ2v) is 5.32. The Kier molecular flexibility index (Phi) is 2.66. The maximum Gasteiger partial charge on any atom is 0.157 e. The van der Waals surface area contributed by atoms with Crippen LogP contribution < -0.4 is 5.32 Å². The zero-order valence-corrected chi connectivity index (χ0v) is 11.1. The number of hydrogen-bond acceptors (Lipinski definition) is 3. The lowest BCUT2D eigenvalue weighted by molar-refractivity contribution is 1.01. The van der Waals surface area contributed by atoms with Crippen molar-refractivity contribution in [2.45, 2.75) is 25.3 Å². The van der Waals surface area contributed by atoms with E-state index in [1.807, 2.05) is 18.2 Å². The Labute approximate surface area is 117 Å². The molecule has 0 radical (unpaired) electrons. The largest absolute Gasteiger partial charge is 0.364 e. The number of pyridine rings is 1. The van der Waals surface area contributed by atoms with Crippen LogP contribution in [0.1, 0.15) is 30.0 Å². The van der Waals surface area contributed by atoms with Crippen LogP contribution in [0.5, 0.6) is 0 Å². The van der Waals surface area contributed by atoms with Gasteiger partial charge in [0.25, 0.3) is 0 Å². The molecule has 2 N–H and O–H groups in total. The molecule has 4 heteroatoms. The number of rotatable bonds is 4. The fourth-order valence-corrected chi connectivity index (χ4v) is 2.44. The first-order valence-electron chi connectivity index (χ1n) is 7.03. The van der Waals surface area contributed by atoms with Gasteiger partial charge in [0.1, 0.15) is 0 Å². The van der Waals surface area contributed by atoms with Gasteiger partial charge in [-0.2, -0.15) is 5.10 Å². The monoisotopic (exact) mass is 264 g/mol. The summed E-state index contributed by atoms with van der Waals surface area (Å²) >= 11 is 0. The first-order valence-corrected chi connectivity index (χ1v) is 7.03. The molecule has 1 aliphatic rings. The third kappa shape index (κ3) is 2.13. The molecule has 4 rings (SSSR count). The average molecular weight is 264 g/mol. The van der Waals surface area contributed by atoms with E-state index in [4.69, 9.17) is 0 Å². The molecule has 100 valence electrons. The molecule has 0 unspecified atom stereocenters. The highest BCUT2D eigenvalue weighted by atomic mass is 15.2. The van der Waals surface area contributed by atoms with Crippen molar-refractivity contribution in [2.24, 2.45) is 0 Å². The first kappa shape index (κ1) is 11.5. The normalized spacial score (nSPS) is 14.6. The van der Waals surface area contributed by atoms with E-state index in [-0.39, 0.29) is 0 Å². The van der Waals surface area contributed by atoms with Crippen molar-refractivity contribution in [3.63, 3.8) is 0 Å². The molecule has 0 bridgehead atoms. The lowest BCUT2D eigenvalue weighted by Gasteiger charge is -2.03. The van der Waals surface area contributed by atoms with Gasteiger partial charge in [0, 0.05) is 18.2 Å². The Bertz CT molecular complexity index is 729. The van der Waals surface area contributed by atoms with E-state index in [1.165, 1.54) is 24.1 Å². The molecule has 0 amide bonds. The van der Waals surface area contributed by atoms with E-state index >= 15 is 0 Å². The van der Waals surface area contributed by atoms with E-state index in [0.717, 1.165) is 23.4 Å². The van der Waals surface area contributed by atoms with Crippen LogP contribution in [0, 0.1) is 0 Å². The van der Waals surface area contributed by atoms with Crippen LogP contribution in [0.2, 0.25) is 0 Å². The highest BCUT2D eigenvalue weighted by Crippen LogP contribution is 2.39. The third-order valence-electron chi connectivity index (χ3n) is 3.74. The number of aromatic nitrogens is 3. The van der Waals surface area contributed by atoms with Crippen molar-refractivity contribution in [3.8, 4) is 0 Å². The van der Waals surface area contributed by atoms with Crippen molar-refractivity contribution in [3.05, 3.63) is 53.7 Å². The van der Waals surface area contributed by atoms with Gasteiger partial charge in [-0.3, -0.25) is 5.10 Å². The second-order valence-electron chi connectivity index (χ2n) is 5.32. The number of H-pyrrole nitrogens is 1. The van der Waals surface area contributed by atoms with Gasteiger partial charge in [0.15, 0.2) is 11.5 Å². The smallest absolute Gasteiger partial charge is 0.157 e. The lowest BCUT2D eigenvalue weighted by Crippen LogP contribution is -1.99. The Morgan fingerprint density at radius 1 is 1.10 bits per heavy atom. The zero-order chi connectivity index (χ0) is 13.4. The van der Waals surface area contributed by atoms with Gasteiger partial charge in [-0.15, -0.1) is 0 Å². The van der Waals surface area contributed by atoms with Crippen molar-refractivity contribution in [2.75, 3.05) is 5.32 Å². The molecule has 0 atom stereocenters. The molecule has 1 saturated carbocycles. The van der Waals surface area contributed by atoms with Crippen molar-refractivity contribution >= 4 is 16.9 Å². The molecule has 4 nitrogen and oxygen atoms in total. The number of aromatic amines is 1. The van der Waals surface area contributed by atoms with Gasteiger partial charge in [-0.1, -0.05) is 30.3 Å². The van der Waals surface area contributed by atoms with Crippen molar-refractivity contribution < 1.29 is 0 Å². The fourth-order valence-electron chi connectivity index (χ4n) is 2.44. The van der Waals surface area contributed by atoms with Crippen LogP contribution >= 0.6 is 0 Å². The summed E-state index contributed by atoms with van der Waals surface area (Å²) in [7, 11) is 0. The third-order valence-corrected chi connectivity index (χ3v) is 3.74. The van der Waals surface area contributed by atoms with Gasteiger partial charge < -0.3 is 5.32 Å². The number of nitrogens with zero attached hydrogens (tertiary/aromatic N) is 2. The predicted octanol–water partition coefficient (Wildman–Crippen LogP) is 3.45. The second kappa shape index (κ2) is 4.63. The molecule has 0 spiro atoms.